The topological polar surface area (TPSA) is 58.4 Å². The van der Waals surface area contributed by atoms with Gasteiger partial charge in [0.15, 0.2) is 5.82 Å². The second-order valence-electron chi connectivity index (χ2n) is 4.68. The lowest BCUT2D eigenvalue weighted by Gasteiger charge is -2.12. The van der Waals surface area contributed by atoms with Crippen molar-refractivity contribution in [2.45, 2.75) is 26.2 Å². The third-order valence-corrected chi connectivity index (χ3v) is 2.37. The zero-order valence-corrected chi connectivity index (χ0v) is 9.20. The van der Waals surface area contributed by atoms with E-state index < -0.39 is 0 Å². The third kappa shape index (κ3) is 1.82. The fraction of sp³-hybridized carbons (Fsp3) is 0.600. The molecule has 1 aliphatic rings. The number of urea groups is 1. The number of rotatable bonds is 1. The summed E-state index contributed by atoms with van der Waals surface area (Å²) < 4.78 is 5.22. The SMILES string of the molecule is CC(C)(C)c1cc(N2CCNC2=O)no1. The molecule has 0 bridgehead atoms. The van der Waals surface area contributed by atoms with Crippen LogP contribution in [0.1, 0.15) is 26.5 Å². The molecular weight excluding hydrogens is 194 g/mol. The average Bonchev–Trinajstić information content (AvgIpc) is 2.69. The second-order valence-corrected chi connectivity index (χ2v) is 4.68. The van der Waals surface area contributed by atoms with Crippen molar-refractivity contribution in [3.05, 3.63) is 11.8 Å². The Balaban J connectivity index is 2.24. The van der Waals surface area contributed by atoms with E-state index in [0.29, 0.717) is 18.9 Å². The van der Waals surface area contributed by atoms with Gasteiger partial charge in [0.25, 0.3) is 0 Å². The van der Waals surface area contributed by atoms with Crippen LogP contribution in [0.25, 0.3) is 0 Å². The van der Waals surface area contributed by atoms with Gasteiger partial charge in [-0.2, -0.15) is 0 Å². The molecule has 0 aliphatic carbocycles. The van der Waals surface area contributed by atoms with Crippen LogP contribution < -0.4 is 10.2 Å². The van der Waals surface area contributed by atoms with Gasteiger partial charge in [0, 0.05) is 24.6 Å². The Morgan fingerprint density at radius 3 is 2.73 bits per heavy atom. The molecule has 0 atom stereocenters. The average molecular weight is 209 g/mol. The largest absolute Gasteiger partial charge is 0.359 e. The molecular formula is C10H15N3O2. The summed E-state index contributed by atoms with van der Waals surface area (Å²) in [5.41, 5.74) is -0.0819. The number of nitrogens with zero attached hydrogens (tertiary/aromatic N) is 2. The van der Waals surface area contributed by atoms with Crippen LogP contribution in [0.4, 0.5) is 10.6 Å². The van der Waals surface area contributed by atoms with Gasteiger partial charge in [-0.1, -0.05) is 25.9 Å². The lowest BCUT2D eigenvalue weighted by molar-refractivity contribution is 0.251. The van der Waals surface area contributed by atoms with Crippen molar-refractivity contribution in [2.75, 3.05) is 18.0 Å². The Labute approximate surface area is 88.4 Å². The first kappa shape index (κ1) is 10.0. The van der Waals surface area contributed by atoms with Crippen molar-refractivity contribution in [1.29, 1.82) is 0 Å². The zero-order valence-electron chi connectivity index (χ0n) is 9.20. The Kier molecular flexibility index (Phi) is 2.17. The van der Waals surface area contributed by atoms with Crippen LogP contribution >= 0.6 is 0 Å². The number of aromatic nitrogens is 1. The van der Waals surface area contributed by atoms with Crippen LogP contribution in [-0.2, 0) is 5.41 Å². The monoisotopic (exact) mass is 209 g/mol. The molecule has 1 aromatic heterocycles. The Bertz CT molecular complexity index is 378. The number of anilines is 1. The molecule has 1 fully saturated rings. The van der Waals surface area contributed by atoms with Crippen LogP contribution in [0.5, 0.6) is 0 Å². The summed E-state index contributed by atoms with van der Waals surface area (Å²) in [5, 5.41) is 6.63. The van der Waals surface area contributed by atoms with Gasteiger partial charge < -0.3 is 9.84 Å². The van der Waals surface area contributed by atoms with E-state index >= 15 is 0 Å². The van der Waals surface area contributed by atoms with Gasteiger partial charge in [0.2, 0.25) is 0 Å². The minimum absolute atomic E-state index is 0.0819. The summed E-state index contributed by atoms with van der Waals surface area (Å²) >= 11 is 0. The maximum Gasteiger partial charge on any atom is 0.323 e. The number of hydrogen-bond acceptors (Lipinski definition) is 3. The summed E-state index contributed by atoms with van der Waals surface area (Å²) in [6.07, 6.45) is 0. The lowest BCUT2D eigenvalue weighted by Crippen LogP contribution is -2.27. The molecule has 0 aromatic carbocycles. The summed E-state index contributed by atoms with van der Waals surface area (Å²) in [6.45, 7) is 7.44. The first-order valence-corrected chi connectivity index (χ1v) is 5.01. The fourth-order valence-corrected chi connectivity index (χ4v) is 1.44. The van der Waals surface area contributed by atoms with E-state index in [4.69, 9.17) is 4.52 Å². The molecule has 1 aromatic rings. The molecule has 15 heavy (non-hydrogen) atoms. The molecule has 1 N–H and O–H groups in total. The Morgan fingerprint density at radius 1 is 1.53 bits per heavy atom. The van der Waals surface area contributed by atoms with Gasteiger partial charge in [-0.05, 0) is 0 Å². The maximum atomic E-state index is 11.4. The van der Waals surface area contributed by atoms with Crippen molar-refractivity contribution in [2.24, 2.45) is 0 Å². The van der Waals surface area contributed by atoms with Crippen molar-refractivity contribution in [3.8, 4) is 0 Å². The van der Waals surface area contributed by atoms with Crippen LogP contribution in [0.15, 0.2) is 10.6 Å². The highest BCUT2D eigenvalue weighted by atomic mass is 16.5. The highest BCUT2D eigenvalue weighted by Gasteiger charge is 2.27. The van der Waals surface area contributed by atoms with Gasteiger partial charge >= 0.3 is 6.03 Å². The van der Waals surface area contributed by atoms with Crippen molar-refractivity contribution in [3.63, 3.8) is 0 Å². The lowest BCUT2D eigenvalue weighted by atomic mass is 9.93. The third-order valence-electron chi connectivity index (χ3n) is 2.37. The summed E-state index contributed by atoms with van der Waals surface area (Å²) in [7, 11) is 0. The number of hydrogen-bond donors (Lipinski definition) is 1. The molecule has 0 radical (unpaired) electrons. The van der Waals surface area contributed by atoms with Gasteiger partial charge in [-0.15, -0.1) is 0 Å². The molecule has 0 saturated carbocycles. The molecule has 0 unspecified atom stereocenters. The quantitative estimate of drug-likeness (QED) is 0.762. The standard InChI is InChI=1S/C10H15N3O2/c1-10(2,3)7-6-8(12-15-7)13-5-4-11-9(13)14/h6H,4-5H2,1-3H3,(H,11,14). The first-order valence-electron chi connectivity index (χ1n) is 5.01. The normalized spacial score (nSPS) is 17.0. The van der Waals surface area contributed by atoms with E-state index in [0.717, 1.165) is 5.76 Å². The second kappa shape index (κ2) is 3.25. The van der Waals surface area contributed by atoms with E-state index in [1.165, 1.54) is 0 Å². The van der Waals surface area contributed by atoms with E-state index in [2.05, 4.69) is 10.5 Å². The highest BCUT2D eigenvalue weighted by Crippen LogP contribution is 2.26. The fourth-order valence-electron chi connectivity index (χ4n) is 1.44. The molecule has 2 rings (SSSR count). The number of carbonyl (C=O) groups is 1. The number of carbonyl (C=O) groups excluding carboxylic acids is 1. The minimum Gasteiger partial charge on any atom is -0.359 e. The molecule has 2 heterocycles. The molecule has 1 aliphatic heterocycles. The highest BCUT2D eigenvalue weighted by molar-refractivity contribution is 5.92. The number of nitrogens with one attached hydrogen (secondary N) is 1. The molecule has 5 nitrogen and oxygen atoms in total. The van der Waals surface area contributed by atoms with Crippen molar-refractivity contribution >= 4 is 11.8 Å². The van der Waals surface area contributed by atoms with Crippen molar-refractivity contribution < 1.29 is 9.32 Å². The van der Waals surface area contributed by atoms with Gasteiger partial charge in [0.1, 0.15) is 5.76 Å². The van der Waals surface area contributed by atoms with Gasteiger partial charge in [0.05, 0.1) is 0 Å². The van der Waals surface area contributed by atoms with Crippen LogP contribution in [0, 0.1) is 0 Å². The minimum atomic E-state index is -0.108. The molecule has 0 spiro atoms. The molecule has 82 valence electrons. The smallest absolute Gasteiger partial charge is 0.323 e. The summed E-state index contributed by atoms with van der Waals surface area (Å²) in [6, 6.07) is 1.72. The van der Waals surface area contributed by atoms with E-state index in [-0.39, 0.29) is 11.4 Å². The number of amides is 2. The summed E-state index contributed by atoms with van der Waals surface area (Å²) in [5.74, 6) is 1.38. The molecule has 1 saturated heterocycles. The predicted octanol–water partition coefficient (Wildman–Crippen LogP) is 1.50. The predicted molar refractivity (Wildman–Crippen MR) is 55.9 cm³/mol. The Morgan fingerprint density at radius 2 is 2.27 bits per heavy atom. The van der Waals surface area contributed by atoms with E-state index in [9.17, 15) is 4.79 Å². The van der Waals surface area contributed by atoms with E-state index in [1.54, 1.807) is 4.90 Å². The van der Waals surface area contributed by atoms with Crippen molar-refractivity contribution in [1.82, 2.24) is 10.5 Å². The Hall–Kier alpha value is -1.52. The van der Waals surface area contributed by atoms with Crippen LogP contribution in [0.2, 0.25) is 0 Å². The first-order chi connectivity index (χ1) is 6.98. The zero-order chi connectivity index (χ0) is 11.1. The van der Waals surface area contributed by atoms with Crippen LogP contribution in [-0.4, -0.2) is 24.3 Å². The van der Waals surface area contributed by atoms with Gasteiger partial charge in [-0.3, -0.25) is 4.90 Å². The molecule has 5 heteroatoms. The maximum absolute atomic E-state index is 11.4. The molecule has 2 amide bonds. The summed E-state index contributed by atoms with van der Waals surface area (Å²) in [4.78, 5) is 12.9. The van der Waals surface area contributed by atoms with Gasteiger partial charge in [-0.25, -0.2) is 4.79 Å². The van der Waals surface area contributed by atoms with Crippen LogP contribution in [0.3, 0.4) is 0 Å². The van der Waals surface area contributed by atoms with E-state index in [1.807, 2.05) is 26.8 Å².